The third-order valence-corrected chi connectivity index (χ3v) is 2.31. The minimum absolute atomic E-state index is 0.220. The lowest BCUT2D eigenvalue weighted by atomic mass is 10.2. The number of carbonyl (C=O) groups excluding carboxylic acids is 1. The molecule has 1 aromatic carbocycles. The number of hydrogen-bond acceptors (Lipinski definition) is 5. The Kier molecular flexibility index (Phi) is 3.66. The summed E-state index contributed by atoms with van der Waals surface area (Å²) in [7, 11) is 1.71. The fourth-order valence-corrected chi connectivity index (χ4v) is 1.46. The largest absolute Gasteiger partial charge is 0.427 e. The second-order valence-electron chi connectivity index (χ2n) is 3.85. The van der Waals surface area contributed by atoms with E-state index in [9.17, 15) is 4.79 Å². The first-order valence-electron chi connectivity index (χ1n) is 5.74. The number of tetrazole rings is 1. The molecule has 6 heteroatoms. The highest BCUT2D eigenvalue weighted by Crippen LogP contribution is 2.18. The Morgan fingerprint density at radius 3 is 2.61 bits per heavy atom. The normalized spacial score (nSPS) is 10.3. The Morgan fingerprint density at radius 2 is 2.06 bits per heavy atom. The van der Waals surface area contributed by atoms with E-state index in [0.29, 0.717) is 18.0 Å². The van der Waals surface area contributed by atoms with Crippen LogP contribution < -0.4 is 4.74 Å². The average molecular weight is 246 g/mol. The number of esters is 1. The van der Waals surface area contributed by atoms with Gasteiger partial charge in [-0.1, -0.05) is 6.92 Å². The molecular formula is C12H14N4O2. The van der Waals surface area contributed by atoms with Crippen LogP contribution in [0, 0.1) is 0 Å². The van der Waals surface area contributed by atoms with E-state index in [4.69, 9.17) is 4.74 Å². The quantitative estimate of drug-likeness (QED) is 0.605. The number of nitrogens with zero attached hydrogens (tertiary/aromatic N) is 4. The van der Waals surface area contributed by atoms with Gasteiger partial charge in [-0.25, -0.2) is 0 Å². The van der Waals surface area contributed by atoms with Crippen LogP contribution in [0.2, 0.25) is 0 Å². The van der Waals surface area contributed by atoms with Crippen molar-refractivity contribution in [3.05, 3.63) is 24.3 Å². The van der Waals surface area contributed by atoms with Gasteiger partial charge in [0.1, 0.15) is 5.75 Å². The predicted molar refractivity (Wildman–Crippen MR) is 64.8 cm³/mol. The molecule has 0 unspecified atom stereocenters. The van der Waals surface area contributed by atoms with Gasteiger partial charge in [-0.05, 0) is 35.9 Å². The maximum absolute atomic E-state index is 11.3. The summed E-state index contributed by atoms with van der Waals surface area (Å²) in [4.78, 5) is 12.7. The Balaban J connectivity index is 2.08. The molecule has 0 radical (unpaired) electrons. The minimum Gasteiger partial charge on any atom is -0.427 e. The summed E-state index contributed by atoms with van der Waals surface area (Å²) in [6, 6.07) is 7.04. The summed E-state index contributed by atoms with van der Waals surface area (Å²) in [5, 5.41) is 11.7. The van der Waals surface area contributed by atoms with Gasteiger partial charge in [0, 0.05) is 12.0 Å². The highest BCUT2D eigenvalue weighted by atomic mass is 16.5. The van der Waals surface area contributed by atoms with Gasteiger partial charge in [0.05, 0.1) is 7.05 Å². The van der Waals surface area contributed by atoms with Crippen LogP contribution in [0.15, 0.2) is 24.3 Å². The molecule has 0 atom stereocenters. The van der Waals surface area contributed by atoms with E-state index in [1.54, 1.807) is 31.3 Å². The van der Waals surface area contributed by atoms with Gasteiger partial charge in [-0.3, -0.25) is 4.79 Å². The highest BCUT2D eigenvalue weighted by Gasteiger charge is 2.06. The number of ether oxygens (including phenoxy) is 1. The van der Waals surface area contributed by atoms with Crippen molar-refractivity contribution in [3.63, 3.8) is 0 Å². The smallest absolute Gasteiger partial charge is 0.311 e. The summed E-state index contributed by atoms with van der Waals surface area (Å²) < 4.78 is 5.15. The standard InChI is InChI=1S/C12H14N4O2/c1-3-4-11(17)18-10-7-5-9(6-8-10)12-13-15-16(2)14-12/h5-8H,3-4H2,1-2H3. The zero-order valence-electron chi connectivity index (χ0n) is 10.3. The van der Waals surface area contributed by atoms with Crippen LogP contribution in [0.3, 0.4) is 0 Å². The number of aromatic nitrogens is 4. The third kappa shape index (κ3) is 2.91. The van der Waals surface area contributed by atoms with Gasteiger partial charge < -0.3 is 4.74 Å². The van der Waals surface area contributed by atoms with Crippen LogP contribution in [-0.2, 0) is 11.8 Å². The summed E-state index contributed by atoms with van der Waals surface area (Å²) in [6.45, 7) is 1.93. The van der Waals surface area contributed by atoms with Crippen molar-refractivity contribution in [1.82, 2.24) is 20.2 Å². The molecule has 0 saturated heterocycles. The lowest BCUT2D eigenvalue weighted by Gasteiger charge is -2.03. The number of rotatable bonds is 4. The van der Waals surface area contributed by atoms with Gasteiger partial charge in [0.15, 0.2) is 0 Å². The first-order valence-corrected chi connectivity index (χ1v) is 5.74. The molecule has 1 heterocycles. The van der Waals surface area contributed by atoms with Crippen LogP contribution in [-0.4, -0.2) is 26.2 Å². The van der Waals surface area contributed by atoms with Crippen molar-refractivity contribution < 1.29 is 9.53 Å². The van der Waals surface area contributed by atoms with Gasteiger partial charge in [0.25, 0.3) is 0 Å². The average Bonchev–Trinajstić information content (AvgIpc) is 2.77. The molecule has 0 N–H and O–H groups in total. The van der Waals surface area contributed by atoms with Crippen LogP contribution in [0.4, 0.5) is 0 Å². The van der Waals surface area contributed by atoms with Crippen molar-refractivity contribution in [2.75, 3.05) is 0 Å². The molecule has 0 amide bonds. The molecule has 0 saturated carbocycles. The SMILES string of the molecule is CCCC(=O)Oc1ccc(-c2nnn(C)n2)cc1. The van der Waals surface area contributed by atoms with Crippen molar-refractivity contribution in [1.29, 1.82) is 0 Å². The minimum atomic E-state index is -0.220. The van der Waals surface area contributed by atoms with Gasteiger partial charge >= 0.3 is 5.97 Å². The monoisotopic (exact) mass is 246 g/mol. The molecule has 0 aliphatic carbocycles. The maximum Gasteiger partial charge on any atom is 0.311 e. The number of carbonyl (C=O) groups is 1. The van der Waals surface area contributed by atoms with Gasteiger partial charge in [-0.15, -0.1) is 10.2 Å². The van der Waals surface area contributed by atoms with Crippen molar-refractivity contribution in [2.45, 2.75) is 19.8 Å². The fraction of sp³-hybridized carbons (Fsp3) is 0.333. The first-order chi connectivity index (χ1) is 8.69. The van der Waals surface area contributed by atoms with Crippen LogP contribution >= 0.6 is 0 Å². The zero-order valence-corrected chi connectivity index (χ0v) is 10.3. The fourth-order valence-electron chi connectivity index (χ4n) is 1.46. The van der Waals surface area contributed by atoms with E-state index >= 15 is 0 Å². The lowest BCUT2D eigenvalue weighted by Crippen LogP contribution is -2.06. The molecule has 0 spiro atoms. The van der Waals surface area contributed by atoms with E-state index in [0.717, 1.165) is 12.0 Å². The molecule has 6 nitrogen and oxygen atoms in total. The van der Waals surface area contributed by atoms with Crippen molar-refractivity contribution in [2.24, 2.45) is 7.05 Å². The first kappa shape index (κ1) is 12.2. The molecule has 18 heavy (non-hydrogen) atoms. The van der Waals surface area contributed by atoms with Gasteiger partial charge in [-0.2, -0.15) is 4.80 Å². The summed E-state index contributed by atoms with van der Waals surface area (Å²) >= 11 is 0. The molecule has 1 aromatic heterocycles. The Labute approximate surface area is 105 Å². The Morgan fingerprint density at radius 1 is 1.33 bits per heavy atom. The third-order valence-electron chi connectivity index (χ3n) is 2.31. The van der Waals surface area contributed by atoms with E-state index in [2.05, 4.69) is 15.4 Å². The van der Waals surface area contributed by atoms with Crippen molar-refractivity contribution >= 4 is 5.97 Å². The molecule has 0 bridgehead atoms. The molecule has 0 aliphatic rings. The molecule has 2 rings (SSSR count). The molecule has 0 aliphatic heterocycles. The lowest BCUT2D eigenvalue weighted by molar-refractivity contribution is -0.134. The summed E-state index contributed by atoms with van der Waals surface area (Å²) in [5.41, 5.74) is 0.832. The maximum atomic E-state index is 11.3. The molecule has 94 valence electrons. The van der Waals surface area contributed by atoms with E-state index in [-0.39, 0.29) is 5.97 Å². The predicted octanol–water partition coefficient (Wildman–Crippen LogP) is 1.58. The Bertz CT molecular complexity index is 533. The Hall–Kier alpha value is -2.24. The van der Waals surface area contributed by atoms with E-state index < -0.39 is 0 Å². The molecule has 0 fully saturated rings. The van der Waals surface area contributed by atoms with Crippen molar-refractivity contribution in [3.8, 4) is 17.1 Å². The zero-order chi connectivity index (χ0) is 13.0. The number of benzene rings is 1. The molecular weight excluding hydrogens is 232 g/mol. The summed E-state index contributed by atoms with van der Waals surface area (Å²) in [5.74, 6) is 0.855. The second-order valence-corrected chi connectivity index (χ2v) is 3.85. The second kappa shape index (κ2) is 5.39. The van der Waals surface area contributed by atoms with Crippen LogP contribution in [0.5, 0.6) is 5.75 Å². The molecule has 2 aromatic rings. The highest BCUT2D eigenvalue weighted by molar-refractivity contribution is 5.72. The van der Waals surface area contributed by atoms with E-state index in [1.165, 1.54) is 4.80 Å². The van der Waals surface area contributed by atoms with Crippen LogP contribution in [0.1, 0.15) is 19.8 Å². The van der Waals surface area contributed by atoms with E-state index in [1.807, 2.05) is 6.92 Å². The topological polar surface area (TPSA) is 69.9 Å². The summed E-state index contributed by atoms with van der Waals surface area (Å²) in [6.07, 6.45) is 1.20. The number of hydrogen-bond donors (Lipinski definition) is 0. The van der Waals surface area contributed by atoms with Gasteiger partial charge in [0.2, 0.25) is 5.82 Å². The van der Waals surface area contributed by atoms with Crippen LogP contribution in [0.25, 0.3) is 11.4 Å². The number of aryl methyl sites for hydroxylation is 1.